The van der Waals surface area contributed by atoms with Crippen molar-refractivity contribution in [3.8, 4) is 0 Å². The van der Waals surface area contributed by atoms with E-state index >= 15 is 0 Å². The summed E-state index contributed by atoms with van der Waals surface area (Å²) in [4.78, 5) is 38.1. The quantitative estimate of drug-likeness (QED) is 0.0262. The Hall–Kier alpha value is -2.89. The fourth-order valence-corrected chi connectivity index (χ4v) is 8.19. The Balaban J connectivity index is 4.39. The van der Waals surface area contributed by atoms with Gasteiger partial charge in [0.25, 0.3) is 0 Å². The van der Waals surface area contributed by atoms with E-state index in [-0.39, 0.29) is 31.1 Å². The Labute approximate surface area is 415 Å². The molecule has 0 aliphatic carbocycles. The Kier molecular flexibility index (Phi) is 53.3. The van der Waals surface area contributed by atoms with Gasteiger partial charge in [0.1, 0.15) is 13.2 Å². The number of esters is 3. The van der Waals surface area contributed by atoms with Gasteiger partial charge in [-0.15, -0.1) is 0 Å². The Morgan fingerprint density at radius 2 is 0.582 bits per heavy atom. The van der Waals surface area contributed by atoms with Crippen LogP contribution in [0.2, 0.25) is 0 Å². The Morgan fingerprint density at radius 3 is 0.940 bits per heavy atom. The first kappa shape index (κ1) is 64.1. The summed E-state index contributed by atoms with van der Waals surface area (Å²) in [6.07, 6.45) is 69.3. The van der Waals surface area contributed by atoms with Gasteiger partial charge in [0, 0.05) is 19.3 Å². The summed E-state index contributed by atoms with van der Waals surface area (Å²) < 4.78 is 16.8. The van der Waals surface area contributed by atoms with Crippen LogP contribution in [-0.4, -0.2) is 37.2 Å². The highest BCUT2D eigenvalue weighted by molar-refractivity contribution is 5.71. The maximum atomic E-state index is 12.8. The monoisotopic (exact) mass is 937 g/mol. The van der Waals surface area contributed by atoms with E-state index in [9.17, 15) is 14.4 Å². The third kappa shape index (κ3) is 53.9. The van der Waals surface area contributed by atoms with Crippen molar-refractivity contribution >= 4 is 17.9 Å². The van der Waals surface area contributed by atoms with Gasteiger partial charge in [-0.25, -0.2) is 0 Å². The second kappa shape index (κ2) is 55.7. The second-order valence-electron chi connectivity index (χ2n) is 19.2. The largest absolute Gasteiger partial charge is 0.462 e. The minimum absolute atomic E-state index is 0.0893. The number of ether oxygens (including phenoxy) is 3. The van der Waals surface area contributed by atoms with Crippen LogP contribution in [0.15, 0.2) is 60.8 Å². The van der Waals surface area contributed by atoms with Gasteiger partial charge in [-0.2, -0.15) is 0 Å². The molecule has 1 atom stereocenters. The normalized spacial score (nSPS) is 12.5. The molecule has 0 aromatic carbocycles. The lowest BCUT2D eigenvalue weighted by atomic mass is 10.0. The van der Waals surface area contributed by atoms with Crippen molar-refractivity contribution in [2.45, 2.75) is 297 Å². The van der Waals surface area contributed by atoms with E-state index in [0.29, 0.717) is 19.3 Å². The minimum atomic E-state index is -0.795. The molecule has 6 nitrogen and oxygen atoms in total. The molecule has 1 unspecified atom stereocenters. The zero-order chi connectivity index (χ0) is 48.6. The van der Waals surface area contributed by atoms with Crippen molar-refractivity contribution < 1.29 is 28.6 Å². The van der Waals surface area contributed by atoms with Crippen molar-refractivity contribution in [3.63, 3.8) is 0 Å². The van der Waals surface area contributed by atoms with Crippen LogP contribution in [0.5, 0.6) is 0 Å². The molecule has 0 heterocycles. The van der Waals surface area contributed by atoms with Crippen LogP contribution in [0.25, 0.3) is 0 Å². The predicted octanol–water partition coefficient (Wildman–Crippen LogP) is 19.2. The molecule has 0 saturated heterocycles. The molecule has 0 saturated carbocycles. The van der Waals surface area contributed by atoms with Crippen molar-refractivity contribution in [3.05, 3.63) is 60.8 Å². The van der Waals surface area contributed by atoms with Crippen molar-refractivity contribution in [2.24, 2.45) is 0 Å². The lowest BCUT2D eigenvalue weighted by Gasteiger charge is -2.18. The first-order valence-corrected chi connectivity index (χ1v) is 28.8. The standard InChI is InChI=1S/C61H108O6/c1-4-7-10-13-16-19-22-25-28-30-31-32-34-36-39-42-45-48-51-54-60(63)66-57-58(56-65-59(62)53-50-47-44-41-38-35-27-24-21-18-15-12-9-6-3)67-61(64)55-52-49-46-43-40-37-33-29-26-23-20-17-14-11-8-5-2/h8,11,17,20,26,29,35,37-38,40,58H,4-7,9-10,12-16,18-19,21-25,27-28,30-34,36,39,41-57H2,1-3H3/b11-8-,20-17-,29-26-,38-35-,40-37-. The molecule has 0 aliphatic rings. The van der Waals surface area contributed by atoms with Gasteiger partial charge in [0.05, 0.1) is 0 Å². The molecule has 0 bridgehead atoms. The number of allylic oxidation sites excluding steroid dienone is 10. The highest BCUT2D eigenvalue weighted by Crippen LogP contribution is 2.16. The molecule has 0 amide bonds. The fraction of sp³-hybridized carbons (Fsp3) is 0.787. The molecule has 0 rings (SSSR count). The summed E-state index contributed by atoms with van der Waals surface area (Å²) in [5.74, 6) is -0.925. The lowest BCUT2D eigenvalue weighted by molar-refractivity contribution is -0.167. The maximum Gasteiger partial charge on any atom is 0.306 e. The highest BCUT2D eigenvalue weighted by Gasteiger charge is 2.19. The van der Waals surface area contributed by atoms with Crippen LogP contribution in [0.1, 0.15) is 290 Å². The number of hydrogen-bond acceptors (Lipinski definition) is 6. The summed E-state index contributed by atoms with van der Waals surface area (Å²) in [5, 5.41) is 0. The molecule has 0 spiro atoms. The molecular weight excluding hydrogens is 829 g/mol. The molecule has 67 heavy (non-hydrogen) atoms. The van der Waals surface area contributed by atoms with Crippen LogP contribution in [0, 0.1) is 0 Å². The van der Waals surface area contributed by atoms with Gasteiger partial charge in [0.15, 0.2) is 6.10 Å². The van der Waals surface area contributed by atoms with Crippen molar-refractivity contribution in [1.29, 1.82) is 0 Å². The van der Waals surface area contributed by atoms with E-state index < -0.39 is 6.10 Å². The molecule has 388 valence electrons. The number of unbranched alkanes of at least 4 members (excludes halogenated alkanes) is 31. The molecule has 0 aromatic heterocycles. The zero-order valence-corrected chi connectivity index (χ0v) is 44.4. The fourth-order valence-electron chi connectivity index (χ4n) is 8.19. The van der Waals surface area contributed by atoms with Gasteiger partial charge in [-0.3, -0.25) is 14.4 Å². The molecular formula is C61H108O6. The Bertz CT molecular complexity index is 1210. The second-order valence-corrected chi connectivity index (χ2v) is 19.2. The zero-order valence-electron chi connectivity index (χ0n) is 44.4. The lowest BCUT2D eigenvalue weighted by Crippen LogP contribution is -2.30. The van der Waals surface area contributed by atoms with Crippen LogP contribution >= 0.6 is 0 Å². The van der Waals surface area contributed by atoms with E-state index in [1.807, 2.05) is 0 Å². The minimum Gasteiger partial charge on any atom is -0.462 e. The van der Waals surface area contributed by atoms with E-state index in [2.05, 4.69) is 81.5 Å². The van der Waals surface area contributed by atoms with Gasteiger partial charge in [0.2, 0.25) is 0 Å². The third-order valence-corrected chi connectivity index (χ3v) is 12.5. The maximum absolute atomic E-state index is 12.8. The smallest absolute Gasteiger partial charge is 0.306 e. The first-order valence-electron chi connectivity index (χ1n) is 28.8. The van der Waals surface area contributed by atoms with Gasteiger partial charge >= 0.3 is 17.9 Å². The van der Waals surface area contributed by atoms with Crippen LogP contribution in [-0.2, 0) is 28.6 Å². The number of hydrogen-bond donors (Lipinski definition) is 0. The molecule has 0 radical (unpaired) electrons. The molecule has 0 N–H and O–H groups in total. The Morgan fingerprint density at radius 1 is 0.313 bits per heavy atom. The summed E-state index contributed by atoms with van der Waals surface area (Å²) in [6.45, 7) is 6.51. The van der Waals surface area contributed by atoms with E-state index in [1.54, 1.807) is 0 Å². The number of carbonyl (C=O) groups excluding carboxylic acids is 3. The predicted molar refractivity (Wildman–Crippen MR) is 288 cm³/mol. The number of rotatable bonds is 52. The molecule has 0 aliphatic heterocycles. The van der Waals surface area contributed by atoms with Crippen LogP contribution in [0.4, 0.5) is 0 Å². The van der Waals surface area contributed by atoms with Gasteiger partial charge in [-0.1, -0.05) is 248 Å². The van der Waals surface area contributed by atoms with Gasteiger partial charge in [-0.05, 0) is 83.5 Å². The summed E-state index contributed by atoms with van der Waals surface area (Å²) >= 11 is 0. The van der Waals surface area contributed by atoms with Crippen molar-refractivity contribution in [1.82, 2.24) is 0 Å². The third-order valence-electron chi connectivity index (χ3n) is 12.5. The molecule has 0 fully saturated rings. The summed E-state index contributed by atoms with van der Waals surface area (Å²) in [7, 11) is 0. The average molecular weight is 938 g/mol. The first-order chi connectivity index (χ1) is 33.0. The average Bonchev–Trinajstić information content (AvgIpc) is 3.33. The van der Waals surface area contributed by atoms with Crippen LogP contribution in [0.3, 0.4) is 0 Å². The topological polar surface area (TPSA) is 78.9 Å². The van der Waals surface area contributed by atoms with E-state index in [0.717, 1.165) is 103 Å². The van der Waals surface area contributed by atoms with Crippen molar-refractivity contribution in [2.75, 3.05) is 13.2 Å². The summed E-state index contributed by atoms with van der Waals surface area (Å²) in [6, 6.07) is 0. The number of carbonyl (C=O) groups is 3. The highest BCUT2D eigenvalue weighted by atomic mass is 16.6. The van der Waals surface area contributed by atoms with E-state index in [1.165, 1.54) is 148 Å². The molecule has 0 aromatic rings. The van der Waals surface area contributed by atoms with E-state index in [4.69, 9.17) is 14.2 Å². The van der Waals surface area contributed by atoms with Crippen LogP contribution < -0.4 is 0 Å². The SMILES string of the molecule is CC/C=C\C/C=C\C/C=C\C/C=C\CCCCCC(=O)OC(COC(=O)CCCCC/C=C\CCCCCCCCC)COC(=O)CCCCCCCCCCCCCCCCCCCCC. The molecule has 6 heteroatoms. The summed E-state index contributed by atoms with van der Waals surface area (Å²) in [5.41, 5.74) is 0. The van der Waals surface area contributed by atoms with Gasteiger partial charge < -0.3 is 14.2 Å².